The molecule has 6 rings (SSSR count). The van der Waals surface area contributed by atoms with E-state index in [1.165, 1.54) is 25.7 Å². The van der Waals surface area contributed by atoms with Gasteiger partial charge in [0.1, 0.15) is 24.5 Å². The van der Waals surface area contributed by atoms with Gasteiger partial charge in [-0.05, 0) is 60.4 Å². The maximum Gasteiger partial charge on any atom is 0.272 e. The van der Waals surface area contributed by atoms with Crippen molar-refractivity contribution < 1.29 is 23.6 Å². The van der Waals surface area contributed by atoms with Gasteiger partial charge in [-0.25, -0.2) is 0 Å². The Kier molecular flexibility index (Phi) is 12.2. The fraction of sp³-hybridized carbons (Fsp3) is 0.333. The highest BCUT2D eigenvalue weighted by Gasteiger charge is 2.30. The SMILES string of the molecule is CCCCCC[N+]1(CCNC(=O)c2cc(NC(=O)c3cc(NC(=O)c4ccc(/C=C/c5cnc6ccccc6c5)cc4)cn3C)cn2C)CCOCC1. The lowest BCUT2D eigenvalue weighted by atomic mass is 10.1. The van der Waals surface area contributed by atoms with Crippen LogP contribution in [-0.2, 0) is 18.8 Å². The first-order chi connectivity index (χ1) is 25.7. The molecule has 3 amide bonds. The van der Waals surface area contributed by atoms with Gasteiger partial charge in [-0.3, -0.25) is 19.4 Å². The Balaban J connectivity index is 1.00. The lowest BCUT2D eigenvalue weighted by molar-refractivity contribution is -0.934. The zero-order chi connectivity index (χ0) is 37.2. The third-order valence-electron chi connectivity index (χ3n) is 10.0. The van der Waals surface area contributed by atoms with Crippen LogP contribution in [0.3, 0.4) is 0 Å². The second-order valence-corrected chi connectivity index (χ2v) is 13.9. The van der Waals surface area contributed by atoms with Gasteiger partial charge in [0.25, 0.3) is 17.7 Å². The molecular formula is C42H50N7O4+. The number of hydrogen-bond donors (Lipinski definition) is 3. The number of amides is 3. The topological polar surface area (TPSA) is 119 Å². The lowest BCUT2D eigenvalue weighted by Crippen LogP contribution is -2.58. The van der Waals surface area contributed by atoms with Crippen molar-refractivity contribution in [3.05, 3.63) is 113 Å². The van der Waals surface area contributed by atoms with Gasteiger partial charge in [-0.15, -0.1) is 0 Å². The van der Waals surface area contributed by atoms with Gasteiger partial charge < -0.3 is 34.3 Å². The number of nitrogens with one attached hydrogen (secondary N) is 3. The number of carbonyl (C=O) groups is 3. The van der Waals surface area contributed by atoms with Gasteiger partial charge in [0.05, 0.1) is 49.7 Å². The van der Waals surface area contributed by atoms with Crippen LogP contribution in [0.5, 0.6) is 0 Å². The molecule has 1 saturated heterocycles. The molecule has 3 aromatic heterocycles. The van der Waals surface area contributed by atoms with Gasteiger partial charge in [-0.1, -0.05) is 62.2 Å². The highest BCUT2D eigenvalue weighted by Crippen LogP contribution is 2.20. The van der Waals surface area contributed by atoms with Crippen molar-refractivity contribution >= 4 is 52.2 Å². The van der Waals surface area contributed by atoms with E-state index in [9.17, 15) is 14.4 Å². The fourth-order valence-corrected chi connectivity index (χ4v) is 6.89. The Morgan fingerprint density at radius 1 is 0.774 bits per heavy atom. The molecule has 0 saturated carbocycles. The maximum absolute atomic E-state index is 13.3. The third kappa shape index (κ3) is 9.68. The van der Waals surface area contributed by atoms with E-state index in [0.29, 0.717) is 34.9 Å². The number of anilines is 2. The number of unbranched alkanes of at least 4 members (excludes halogenated alkanes) is 3. The molecule has 2 aromatic carbocycles. The summed E-state index contributed by atoms with van der Waals surface area (Å²) in [7, 11) is 3.53. The van der Waals surface area contributed by atoms with Crippen LogP contribution in [0.1, 0.15) is 75.1 Å². The summed E-state index contributed by atoms with van der Waals surface area (Å²) in [6.45, 7) is 8.25. The second-order valence-electron chi connectivity index (χ2n) is 13.9. The van der Waals surface area contributed by atoms with Crippen LogP contribution in [0.4, 0.5) is 11.4 Å². The summed E-state index contributed by atoms with van der Waals surface area (Å²) in [5.74, 6) is -0.820. The van der Waals surface area contributed by atoms with E-state index in [4.69, 9.17) is 4.74 Å². The molecule has 1 aliphatic rings. The number of aryl methyl sites for hydroxylation is 2. The van der Waals surface area contributed by atoms with Crippen LogP contribution in [0, 0.1) is 0 Å². The monoisotopic (exact) mass is 716 g/mol. The van der Waals surface area contributed by atoms with Gasteiger partial charge in [0.2, 0.25) is 0 Å². The summed E-state index contributed by atoms with van der Waals surface area (Å²) in [6, 6.07) is 20.7. The average molecular weight is 717 g/mol. The standard InChI is InChI=1S/C42H49N7O4/c1-4-5-6-9-19-49(21-23-53-24-22-49)20-18-43-41(51)38-26-36(30-47(38)2)46-42(52)39-27-35(29-48(39)3)45-40(50)33-16-14-31(15-17-33)12-13-32-25-34-10-7-8-11-37(34)44-28-32/h7-8,10-17,25-30H,4-6,9,18-24H2,1-3H3,(H2-,43,45,46,50,51,52)/p+1/b13-12+. The minimum Gasteiger partial charge on any atom is -0.370 e. The van der Waals surface area contributed by atoms with Crippen molar-refractivity contribution in [3.8, 4) is 0 Å². The number of pyridine rings is 1. The molecule has 0 spiro atoms. The molecule has 53 heavy (non-hydrogen) atoms. The minimum absolute atomic E-state index is 0.180. The highest BCUT2D eigenvalue weighted by molar-refractivity contribution is 6.07. The van der Waals surface area contributed by atoms with E-state index in [-0.39, 0.29) is 17.7 Å². The smallest absolute Gasteiger partial charge is 0.272 e. The number of nitrogens with zero attached hydrogens (tertiary/aromatic N) is 4. The molecule has 0 atom stereocenters. The van der Waals surface area contributed by atoms with Crippen molar-refractivity contribution in [2.24, 2.45) is 14.1 Å². The molecule has 0 radical (unpaired) electrons. The summed E-state index contributed by atoms with van der Waals surface area (Å²) in [6.07, 6.45) is 14.1. The van der Waals surface area contributed by atoms with E-state index in [1.54, 1.807) is 59.9 Å². The van der Waals surface area contributed by atoms with Gasteiger partial charge >= 0.3 is 0 Å². The Morgan fingerprint density at radius 2 is 1.43 bits per heavy atom. The van der Waals surface area contributed by atoms with E-state index in [2.05, 4.69) is 33.9 Å². The number of ether oxygens (including phenoxy) is 1. The van der Waals surface area contributed by atoms with Crippen molar-refractivity contribution in [2.45, 2.75) is 32.6 Å². The number of carbonyl (C=O) groups excluding carboxylic acids is 3. The van der Waals surface area contributed by atoms with Crippen LogP contribution in [0.25, 0.3) is 23.1 Å². The Morgan fingerprint density at radius 3 is 2.15 bits per heavy atom. The Hall–Kier alpha value is -5.52. The van der Waals surface area contributed by atoms with Crippen molar-refractivity contribution in [1.29, 1.82) is 0 Å². The van der Waals surface area contributed by atoms with Crippen LogP contribution in [0.15, 0.2) is 85.3 Å². The average Bonchev–Trinajstić information content (AvgIpc) is 3.73. The minimum atomic E-state index is -0.356. The molecule has 276 valence electrons. The molecule has 0 aliphatic carbocycles. The summed E-state index contributed by atoms with van der Waals surface area (Å²) >= 11 is 0. The quantitative estimate of drug-likeness (QED) is 0.0819. The zero-order valence-electron chi connectivity index (χ0n) is 30.9. The molecule has 3 N–H and O–H groups in total. The number of benzene rings is 2. The Bertz CT molecular complexity index is 2070. The number of rotatable bonds is 15. The highest BCUT2D eigenvalue weighted by atomic mass is 16.5. The molecule has 5 aromatic rings. The summed E-state index contributed by atoms with van der Waals surface area (Å²) in [4.78, 5) is 44.1. The first kappa shape index (κ1) is 37.2. The molecule has 0 unspecified atom stereocenters. The first-order valence-electron chi connectivity index (χ1n) is 18.5. The number of morpholine rings is 1. The lowest BCUT2D eigenvalue weighted by Gasteiger charge is -2.41. The first-order valence-corrected chi connectivity index (χ1v) is 18.5. The van der Waals surface area contributed by atoms with Crippen molar-refractivity contribution in [3.63, 3.8) is 0 Å². The molecular weight excluding hydrogens is 667 g/mol. The van der Waals surface area contributed by atoms with Gasteiger partial charge in [0, 0.05) is 43.6 Å². The van der Waals surface area contributed by atoms with Crippen LogP contribution in [-0.4, -0.2) is 82.3 Å². The van der Waals surface area contributed by atoms with Crippen molar-refractivity contribution in [1.82, 2.24) is 19.4 Å². The van der Waals surface area contributed by atoms with Crippen LogP contribution < -0.4 is 16.0 Å². The number of quaternary nitrogens is 1. The predicted octanol–water partition coefficient (Wildman–Crippen LogP) is 6.74. The van der Waals surface area contributed by atoms with E-state index >= 15 is 0 Å². The van der Waals surface area contributed by atoms with Crippen LogP contribution >= 0.6 is 0 Å². The van der Waals surface area contributed by atoms with Gasteiger partial charge in [-0.2, -0.15) is 0 Å². The molecule has 11 nitrogen and oxygen atoms in total. The largest absolute Gasteiger partial charge is 0.370 e. The van der Waals surface area contributed by atoms with Crippen LogP contribution in [0.2, 0.25) is 0 Å². The summed E-state index contributed by atoms with van der Waals surface area (Å²) in [5, 5.41) is 9.97. The number of para-hydroxylation sites is 1. The molecule has 1 fully saturated rings. The predicted molar refractivity (Wildman–Crippen MR) is 211 cm³/mol. The number of hydrogen-bond acceptors (Lipinski definition) is 5. The molecule has 0 bridgehead atoms. The summed E-state index contributed by atoms with van der Waals surface area (Å²) < 4.78 is 9.99. The Labute approximate surface area is 311 Å². The number of aromatic nitrogens is 3. The van der Waals surface area contributed by atoms with Gasteiger partial charge in [0.15, 0.2) is 0 Å². The molecule has 4 heterocycles. The third-order valence-corrected chi connectivity index (χ3v) is 10.0. The van der Waals surface area contributed by atoms with E-state index in [1.807, 2.05) is 54.7 Å². The summed E-state index contributed by atoms with van der Waals surface area (Å²) in [5.41, 5.74) is 5.21. The van der Waals surface area contributed by atoms with E-state index < -0.39 is 0 Å². The number of fused-ring (bicyclic) bond motifs is 1. The van der Waals surface area contributed by atoms with Crippen molar-refractivity contribution in [2.75, 3.05) is 56.6 Å². The molecule has 11 heteroatoms. The second kappa shape index (κ2) is 17.3. The fourth-order valence-electron chi connectivity index (χ4n) is 6.89. The molecule has 1 aliphatic heterocycles. The van der Waals surface area contributed by atoms with E-state index in [0.717, 1.165) is 65.9 Å². The normalized spacial score (nSPS) is 14.0. The maximum atomic E-state index is 13.3. The zero-order valence-corrected chi connectivity index (χ0v) is 30.9.